The number of benzene rings is 2. The van der Waals surface area contributed by atoms with Gasteiger partial charge in [0.05, 0.1) is 17.2 Å². The Balaban J connectivity index is 1.81. The first-order valence-electron chi connectivity index (χ1n) is 9.98. The van der Waals surface area contributed by atoms with Crippen LogP contribution in [0.15, 0.2) is 64.6 Å². The van der Waals surface area contributed by atoms with Gasteiger partial charge in [0.1, 0.15) is 23.6 Å². The van der Waals surface area contributed by atoms with E-state index in [-0.39, 0.29) is 11.1 Å². The van der Waals surface area contributed by atoms with Crippen molar-refractivity contribution in [2.24, 2.45) is 5.11 Å². The number of thioether (sulfide) groups is 1. The molecule has 2 aromatic carbocycles. The van der Waals surface area contributed by atoms with E-state index in [1.807, 2.05) is 30.3 Å². The molecule has 0 aromatic heterocycles. The van der Waals surface area contributed by atoms with Crippen LogP contribution < -0.4 is 0 Å². The number of hydrogen-bond donors (Lipinski definition) is 0. The predicted octanol–water partition coefficient (Wildman–Crippen LogP) is 3.80. The Morgan fingerprint density at radius 3 is 2.25 bits per heavy atom. The summed E-state index contributed by atoms with van der Waals surface area (Å²) in [5.41, 5.74) is 8.87. The number of rotatable bonds is 5. The molecule has 1 saturated heterocycles. The largest absolute Gasteiger partial charge is 0.460 e. The first-order chi connectivity index (χ1) is 15.4. The molecule has 2 amide bonds. The lowest BCUT2D eigenvalue weighted by atomic mass is 9.95. The predicted molar refractivity (Wildman–Crippen MR) is 116 cm³/mol. The minimum absolute atomic E-state index is 0.265. The van der Waals surface area contributed by atoms with Gasteiger partial charge < -0.3 is 9.47 Å². The third-order valence-corrected chi connectivity index (χ3v) is 6.55. The van der Waals surface area contributed by atoms with Crippen LogP contribution in [0.25, 0.3) is 10.4 Å². The molecule has 2 aliphatic rings. The topological polar surface area (TPSA) is 122 Å². The van der Waals surface area contributed by atoms with E-state index in [9.17, 15) is 14.4 Å². The third-order valence-electron chi connectivity index (χ3n) is 5.39. The highest BCUT2D eigenvalue weighted by Gasteiger charge is 2.54. The fourth-order valence-corrected chi connectivity index (χ4v) is 5.25. The second-order valence-electron chi connectivity index (χ2n) is 7.43. The molecule has 0 N–H and O–H groups in total. The van der Waals surface area contributed by atoms with E-state index in [4.69, 9.17) is 15.0 Å². The van der Waals surface area contributed by atoms with Crippen LogP contribution in [0.4, 0.5) is 0 Å². The molecule has 4 rings (SSSR count). The van der Waals surface area contributed by atoms with Crippen molar-refractivity contribution in [3.8, 4) is 0 Å². The van der Waals surface area contributed by atoms with Crippen LogP contribution in [-0.4, -0.2) is 52.4 Å². The van der Waals surface area contributed by atoms with Crippen molar-refractivity contribution in [2.45, 2.75) is 48.5 Å². The van der Waals surface area contributed by atoms with Gasteiger partial charge in [0, 0.05) is 16.7 Å². The molecule has 0 spiro atoms. The maximum Gasteiger partial charge on any atom is 0.302 e. The number of azide groups is 1. The summed E-state index contributed by atoms with van der Waals surface area (Å²) in [6.07, 6.45) is -1.70. The summed E-state index contributed by atoms with van der Waals surface area (Å²) >= 11 is 1.30. The maximum absolute atomic E-state index is 13.3. The standard InChI is InChI=1S/C22H20N4O5S/c1-12-17(24-25-23)19(31-13(2)27)18(22(30-12)32-14-8-4-3-5-9-14)26-20(28)15-10-6-7-11-16(15)21(26)29/h3-12,17-19,22H,1-2H3/t12-,17+,18-,19+,22+/m1/s1. The fourth-order valence-electron chi connectivity index (χ4n) is 4.02. The average molecular weight is 452 g/mol. The summed E-state index contributed by atoms with van der Waals surface area (Å²) in [4.78, 5) is 43.3. The lowest BCUT2D eigenvalue weighted by Crippen LogP contribution is -2.63. The smallest absolute Gasteiger partial charge is 0.302 e. The van der Waals surface area contributed by atoms with Gasteiger partial charge >= 0.3 is 5.97 Å². The zero-order chi connectivity index (χ0) is 22.8. The Bertz CT molecular complexity index is 1070. The van der Waals surface area contributed by atoms with Crippen molar-refractivity contribution in [1.82, 2.24) is 4.90 Å². The Labute approximate surface area is 188 Å². The van der Waals surface area contributed by atoms with Crippen molar-refractivity contribution >= 4 is 29.5 Å². The first-order valence-corrected chi connectivity index (χ1v) is 10.9. The molecule has 0 aliphatic carbocycles. The summed E-state index contributed by atoms with van der Waals surface area (Å²) in [6.45, 7) is 2.93. The summed E-state index contributed by atoms with van der Waals surface area (Å²) in [6, 6.07) is 13.9. The van der Waals surface area contributed by atoms with Crippen LogP contribution in [0.1, 0.15) is 34.6 Å². The molecule has 5 atom stereocenters. The summed E-state index contributed by atoms with van der Waals surface area (Å²) in [5.74, 6) is -1.64. The zero-order valence-corrected chi connectivity index (χ0v) is 18.1. The molecular weight excluding hydrogens is 432 g/mol. The van der Waals surface area contributed by atoms with Gasteiger partial charge in [-0.25, -0.2) is 0 Å². The highest BCUT2D eigenvalue weighted by molar-refractivity contribution is 7.99. The number of carbonyl (C=O) groups is 3. The van der Waals surface area contributed by atoms with Crippen molar-refractivity contribution in [3.05, 3.63) is 76.2 Å². The van der Waals surface area contributed by atoms with E-state index in [1.165, 1.54) is 18.7 Å². The number of nitrogens with zero attached hydrogens (tertiary/aromatic N) is 4. The molecule has 0 unspecified atom stereocenters. The van der Waals surface area contributed by atoms with Gasteiger partial charge in [-0.1, -0.05) is 47.2 Å². The van der Waals surface area contributed by atoms with Crippen LogP contribution in [0.3, 0.4) is 0 Å². The van der Waals surface area contributed by atoms with Crippen LogP contribution >= 0.6 is 11.8 Å². The molecule has 2 aromatic rings. The average Bonchev–Trinajstić information content (AvgIpc) is 3.02. The molecule has 0 saturated carbocycles. The molecule has 0 bridgehead atoms. The minimum Gasteiger partial charge on any atom is -0.460 e. The number of esters is 1. The minimum atomic E-state index is -1.07. The van der Waals surface area contributed by atoms with Gasteiger partial charge in [-0.3, -0.25) is 19.3 Å². The molecule has 164 valence electrons. The highest BCUT2D eigenvalue weighted by atomic mass is 32.2. The Morgan fingerprint density at radius 1 is 1.09 bits per heavy atom. The molecule has 1 fully saturated rings. The van der Waals surface area contributed by atoms with E-state index in [0.29, 0.717) is 0 Å². The second kappa shape index (κ2) is 9.04. The third kappa shape index (κ3) is 3.95. The van der Waals surface area contributed by atoms with Crippen molar-refractivity contribution in [1.29, 1.82) is 0 Å². The lowest BCUT2D eigenvalue weighted by Gasteiger charge is -2.46. The first kappa shape index (κ1) is 21.9. The Morgan fingerprint density at radius 2 is 1.69 bits per heavy atom. The normalized spacial score (nSPS) is 26.9. The van der Waals surface area contributed by atoms with Crippen LogP contribution in [0.5, 0.6) is 0 Å². The monoisotopic (exact) mass is 452 g/mol. The molecule has 32 heavy (non-hydrogen) atoms. The molecule has 10 heteroatoms. The summed E-state index contributed by atoms with van der Waals surface area (Å²) in [5, 5.41) is 3.78. The molecule has 9 nitrogen and oxygen atoms in total. The molecule has 2 aliphatic heterocycles. The molecule has 2 heterocycles. The van der Waals surface area contributed by atoms with E-state index >= 15 is 0 Å². The zero-order valence-electron chi connectivity index (χ0n) is 17.3. The van der Waals surface area contributed by atoms with E-state index in [2.05, 4.69) is 10.0 Å². The van der Waals surface area contributed by atoms with Gasteiger partial charge in [-0.15, -0.1) is 0 Å². The quantitative estimate of drug-likeness (QED) is 0.224. The molecular formula is C22H20N4O5S. The number of fused-ring (bicyclic) bond motifs is 1. The van der Waals surface area contributed by atoms with Gasteiger partial charge in [-0.2, -0.15) is 0 Å². The summed E-state index contributed by atoms with van der Waals surface area (Å²) in [7, 11) is 0. The van der Waals surface area contributed by atoms with Gasteiger partial charge in [0.15, 0.2) is 0 Å². The van der Waals surface area contributed by atoms with Crippen LogP contribution in [-0.2, 0) is 14.3 Å². The number of carbonyl (C=O) groups excluding carboxylic acids is 3. The lowest BCUT2D eigenvalue weighted by molar-refractivity contribution is -0.165. The van der Waals surface area contributed by atoms with E-state index < -0.39 is 47.5 Å². The van der Waals surface area contributed by atoms with Gasteiger partial charge in [-0.05, 0) is 36.7 Å². The van der Waals surface area contributed by atoms with E-state index in [0.717, 1.165) is 9.80 Å². The highest BCUT2D eigenvalue weighted by Crippen LogP contribution is 2.40. The summed E-state index contributed by atoms with van der Waals surface area (Å²) < 4.78 is 11.7. The number of ether oxygens (including phenoxy) is 2. The second-order valence-corrected chi connectivity index (χ2v) is 8.60. The Hall–Kier alpha value is -3.33. The van der Waals surface area contributed by atoms with Crippen molar-refractivity contribution in [2.75, 3.05) is 0 Å². The van der Waals surface area contributed by atoms with Gasteiger partial charge in [0.25, 0.3) is 11.8 Å². The Kier molecular flexibility index (Phi) is 6.18. The van der Waals surface area contributed by atoms with Crippen molar-refractivity contribution < 1.29 is 23.9 Å². The van der Waals surface area contributed by atoms with E-state index in [1.54, 1.807) is 31.2 Å². The van der Waals surface area contributed by atoms with Crippen LogP contribution in [0.2, 0.25) is 0 Å². The number of imide groups is 1. The van der Waals surface area contributed by atoms with Crippen LogP contribution in [0, 0.1) is 0 Å². The van der Waals surface area contributed by atoms with Gasteiger partial charge in [0.2, 0.25) is 0 Å². The fraction of sp³-hybridized carbons (Fsp3) is 0.318. The van der Waals surface area contributed by atoms with Crippen molar-refractivity contribution in [3.63, 3.8) is 0 Å². The SMILES string of the molecule is CC(=O)O[C@H]1[C@@H](N=[N+]=[N-])[C@@H](C)O[C@@H](Sc2ccccc2)[C@@H]1N1C(=O)c2ccccc2C1=O. The maximum atomic E-state index is 13.3. The number of hydrogen-bond acceptors (Lipinski definition) is 7. The molecule has 0 radical (unpaired) electrons. The number of amides is 2.